The summed E-state index contributed by atoms with van der Waals surface area (Å²) in [7, 11) is -1.42. The first kappa shape index (κ1) is 16.2. The van der Waals surface area contributed by atoms with Crippen molar-refractivity contribution < 1.29 is 0 Å². The Morgan fingerprint density at radius 1 is 0.652 bits per heavy atom. The zero-order valence-corrected chi connectivity index (χ0v) is 16.9. The number of hydrogen-bond acceptors (Lipinski definition) is 0. The highest BCUT2D eigenvalue weighted by molar-refractivity contribution is 6.91. The normalized spacial score (nSPS) is 38.1. The van der Waals surface area contributed by atoms with Gasteiger partial charge in [-0.25, -0.2) is 0 Å². The zero-order valence-electron chi connectivity index (χ0n) is 15.9. The van der Waals surface area contributed by atoms with Crippen LogP contribution in [-0.4, -0.2) is 8.07 Å². The lowest BCUT2D eigenvalue weighted by atomic mass is 9.81. The molecule has 0 nitrogen and oxygen atoms in total. The molecule has 4 aliphatic carbocycles. The highest BCUT2D eigenvalue weighted by Crippen LogP contribution is 2.55. The van der Waals surface area contributed by atoms with Gasteiger partial charge in [0.15, 0.2) is 0 Å². The van der Waals surface area contributed by atoms with Crippen LogP contribution in [0.2, 0.25) is 13.1 Å². The summed E-state index contributed by atoms with van der Waals surface area (Å²) in [6.07, 6.45) is 14.9. The van der Waals surface area contributed by atoms with E-state index in [4.69, 9.17) is 0 Å². The van der Waals surface area contributed by atoms with Gasteiger partial charge in [0.1, 0.15) is 8.07 Å². The van der Waals surface area contributed by atoms with Gasteiger partial charge in [-0.15, -0.1) is 0 Å². The Morgan fingerprint density at radius 3 is 1.48 bits per heavy atom. The van der Waals surface area contributed by atoms with Gasteiger partial charge in [0.25, 0.3) is 0 Å². The van der Waals surface area contributed by atoms with Crippen LogP contribution in [-0.2, 0) is 0 Å². The van der Waals surface area contributed by atoms with Gasteiger partial charge in [-0.05, 0) is 76.0 Å². The van der Waals surface area contributed by atoms with Crippen molar-refractivity contribution in [3.8, 4) is 0 Å². The Balaban J connectivity index is 1.69. The summed E-state index contributed by atoms with van der Waals surface area (Å²) in [5.74, 6) is 4.01. The maximum Gasteiger partial charge on any atom is 0.103 e. The first-order valence-corrected chi connectivity index (χ1v) is 13.4. The molecule has 4 aliphatic rings. The third-order valence-corrected chi connectivity index (χ3v) is 12.3. The molecule has 0 aromatic rings. The summed E-state index contributed by atoms with van der Waals surface area (Å²) < 4.78 is 0. The average molecular weight is 329 g/mol. The molecule has 4 unspecified atom stereocenters. The van der Waals surface area contributed by atoms with Crippen molar-refractivity contribution in [2.75, 3.05) is 0 Å². The van der Waals surface area contributed by atoms with Crippen LogP contribution in [0, 0.1) is 23.7 Å². The minimum Gasteiger partial charge on any atom is -0.0770 e. The van der Waals surface area contributed by atoms with E-state index in [0.717, 1.165) is 23.7 Å². The molecule has 4 rings (SSSR count). The van der Waals surface area contributed by atoms with Crippen molar-refractivity contribution in [2.45, 2.75) is 91.1 Å². The molecule has 0 amide bonds. The van der Waals surface area contributed by atoms with Gasteiger partial charge in [0.2, 0.25) is 0 Å². The van der Waals surface area contributed by atoms with Gasteiger partial charge in [0, 0.05) is 0 Å². The summed E-state index contributed by atoms with van der Waals surface area (Å²) in [6.45, 7) is 10.5. The molecule has 0 heterocycles. The molecule has 0 spiro atoms. The maximum absolute atomic E-state index is 2.73. The second-order valence-corrected chi connectivity index (χ2v) is 14.1. The molecule has 1 heteroatoms. The van der Waals surface area contributed by atoms with Crippen molar-refractivity contribution >= 4 is 8.07 Å². The number of allylic oxidation sites excluding steroid dienone is 4. The molecule has 0 saturated heterocycles. The molecule has 0 radical (unpaired) electrons. The van der Waals surface area contributed by atoms with E-state index in [0.29, 0.717) is 0 Å². The van der Waals surface area contributed by atoms with Crippen LogP contribution in [0.3, 0.4) is 0 Å². The lowest BCUT2D eigenvalue weighted by Gasteiger charge is -2.40. The van der Waals surface area contributed by atoms with E-state index >= 15 is 0 Å². The van der Waals surface area contributed by atoms with Crippen molar-refractivity contribution in [2.24, 2.45) is 23.7 Å². The molecule has 2 fully saturated rings. The Morgan fingerprint density at radius 2 is 1.04 bits per heavy atom. The summed E-state index contributed by atoms with van der Waals surface area (Å²) >= 11 is 0. The van der Waals surface area contributed by atoms with E-state index in [1.54, 1.807) is 0 Å². The van der Waals surface area contributed by atoms with Gasteiger partial charge < -0.3 is 0 Å². The van der Waals surface area contributed by atoms with Crippen LogP contribution >= 0.6 is 0 Å². The topological polar surface area (TPSA) is 0 Å². The summed E-state index contributed by atoms with van der Waals surface area (Å²) in [4.78, 5) is 0. The number of fused-ring (bicyclic) bond motifs is 2. The molecule has 0 aromatic carbocycles. The Bertz CT molecular complexity index is 502. The molecule has 128 valence electrons. The van der Waals surface area contributed by atoms with E-state index in [1.807, 2.05) is 21.5 Å². The van der Waals surface area contributed by atoms with E-state index < -0.39 is 8.07 Å². The molecular formula is C22H36Si. The predicted octanol–water partition coefficient (Wildman–Crippen LogP) is 6.83. The van der Waals surface area contributed by atoms with Crippen molar-refractivity contribution in [1.82, 2.24) is 0 Å². The zero-order chi connectivity index (χ0) is 16.2. The number of hydrogen-bond donors (Lipinski definition) is 0. The molecule has 4 atom stereocenters. The largest absolute Gasteiger partial charge is 0.103 e. The van der Waals surface area contributed by atoms with Crippen molar-refractivity contribution in [3.05, 3.63) is 21.5 Å². The molecule has 0 aromatic heterocycles. The smallest absolute Gasteiger partial charge is 0.0770 e. The second-order valence-electron chi connectivity index (χ2n) is 9.72. The van der Waals surface area contributed by atoms with Crippen LogP contribution < -0.4 is 0 Å². The Kier molecular flexibility index (Phi) is 4.15. The van der Waals surface area contributed by atoms with Crippen LogP contribution in [0.5, 0.6) is 0 Å². The van der Waals surface area contributed by atoms with Gasteiger partial charge in [-0.1, -0.05) is 60.3 Å². The summed E-state index contributed by atoms with van der Waals surface area (Å²) in [5.41, 5.74) is 3.66. The monoisotopic (exact) mass is 328 g/mol. The average Bonchev–Trinajstić information content (AvgIpc) is 3.02. The van der Waals surface area contributed by atoms with Gasteiger partial charge in [-0.3, -0.25) is 0 Å². The molecule has 0 N–H and O–H groups in total. The SMILES string of the molecule is CC1=C([Si](C)(C)C2=C(C)CC3CCCCC23)C2CCCCC2C1. The van der Waals surface area contributed by atoms with Crippen LogP contribution in [0.15, 0.2) is 21.5 Å². The van der Waals surface area contributed by atoms with Gasteiger partial charge >= 0.3 is 0 Å². The van der Waals surface area contributed by atoms with Crippen molar-refractivity contribution in [1.29, 1.82) is 0 Å². The van der Waals surface area contributed by atoms with Crippen molar-refractivity contribution in [3.63, 3.8) is 0 Å². The quantitative estimate of drug-likeness (QED) is 0.487. The first-order valence-electron chi connectivity index (χ1n) is 10.4. The van der Waals surface area contributed by atoms with E-state index in [1.165, 1.54) is 64.2 Å². The third-order valence-electron chi connectivity index (χ3n) is 7.96. The highest BCUT2D eigenvalue weighted by Gasteiger charge is 2.48. The molecule has 0 aliphatic heterocycles. The standard InChI is InChI=1S/C22H36Si/c1-15-13-17-9-5-7-11-19(17)21(15)23(3,4)22-16(2)14-18-10-6-8-12-20(18)22/h17-20H,5-14H2,1-4H3. The van der Waals surface area contributed by atoms with Gasteiger partial charge in [-0.2, -0.15) is 0 Å². The van der Waals surface area contributed by atoms with E-state index in [-0.39, 0.29) is 0 Å². The molecule has 0 bridgehead atoms. The lowest BCUT2D eigenvalue weighted by molar-refractivity contribution is 0.294. The fraction of sp³-hybridized carbons (Fsp3) is 0.818. The molecule has 23 heavy (non-hydrogen) atoms. The van der Waals surface area contributed by atoms with Crippen LogP contribution in [0.1, 0.15) is 78.1 Å². The van der Waals surface area contributed by atoms with Gasteiger partial charge in [0.05, 0.1) is 0 Å². The summed E-state index contributed by atoms with van der Waals surface area (Å²) in [6, 6.07) is 0. The second kappa shape index (κ2) is 5.90. The fourth-order valence-electron chi connectivity index (χ4n) is 7.44. The third kappa shape index (κ3) is 2.53. The molecular weight excluding hydrogens is 292 g/mol. The lowest BCUT2D eigenvalue weighted by Crippen LogP contribution is -2.40. The minimum atomic E-state index is -1.42. The fourth-order valence-corrected chi connectivity index (χ4v) is 12.7. The van der Waals surface area contributed by atoms with Crippen LogP contribution in [0.25, 0.3) is 0 Å². The van der Waals surface area contributed by atoms with E-state index in [2.05, 4.69) is 26.9 Å². The highest BCUT2D eigenvalue weighted by atomic mass is 28.3. The summed E-state index contributed by atoms with van der Waals surface area (Å²) in [5, 5.41) is 4.06. The Labute approximate surface area is 144 Å². The predicted molar refractivity (Wildman–Crippen MR) is 103 cm³/mol. The molecule has 2 saturated carbocycles. The number of rotatable bonds is 2. The Hall–Kier alpha value is -0.303. The minimum absolute atomic E-state index is 0.980. The maximum atomic E-state index is 2.73. The first-order chi connectivity index (χ1) is 11.0. The van der Waals surface area contributed by atoms with E-state index in [9.17, 15) is 0 Å². The van der Waals surface area contributed by atoms with Crippen LogP contribution in [0.4, 0.5) is 0 Å².